The standard InChI is InChI=1S/C26H14ClN5O3/c27-16-9-7-14(8-10-16)19-20-22(17-5-1-2-6-18(17)34-26(20)33)35-25-21(19)24-30-23(31-32(24)13-29-25)15-4-3-11-28-12-15/h1-13,19H. The average molecular weight is 480 g/mol. The smallest absolute Gasteiger partial charge is 0.344 e. The fraction of sp³-hybridized carbons (Fsp3) is 0.0385. The summed E-state index contributed by atoms with van der Waals surface area (Å²) in [4.78, 5) is 26.9. The molecule has 0 N–H and O–H groups in total. The molecule has 0 amide bonds. The van der Waals surface area contributed by atoms with Gasteiger partial charge in [0.05, 0.1) is 22.4 Å². The van der Waals surface area contributed by atoms with E-state index in [0.29, 0.717) is 50.2 Å². The molecule has 1 atom stereocenters. The Morgan fingerprint density at radius 1 is 0.971 bits per heavy atom. The van der Waals surface area contributed by atoms with Crippen LogP contribution in [0.25, 0.3) is 28.0 Å². The van der Waals surface area contributed by atoms with Gasteiger partial charge in [-0.3, -0.25) is 4.98 Å². The van der Waals surface area contributed by atoms with E-state index in [2.05, 4.69) is 15.1 Å². The number of ether oxygens (including phenoxy) is 1. The minimum Gasteiger partial charge on any atom is -0.437 e. The zero-order valence-corrected chi connectivity index (χ0v) is 18.7. The van der Waals surface area contributed by atoms with E-state index in [9.17, 15) is 4.79 Å². The van der Waals surface area contributed by atoms with Crippen LogP contribution in [0.4, 0.5) is 0 Å². The van der Waals surface area contributed by atoms with Crippen molar-refractivity contribution < 1.29 is 9.15 Å². The minimum atomic E-state index is -0.561. The number of nitrogens with zero attached hydrogens (tertiary/aromatic N) is 5. The Hall–Kier alpha value is -4.56. The highest BCUT2D eigenvalue weighted by atomic mass is 35.5. The number of fused-ring (bicyclic) bond motifs is 6. The van der Waals surface area contributed by atoms with Gasteiger partial charge in [-0.05, 0) is 42.0 Å². The summed E-state index contributed by atoms with van der Waals surface area (Å²) in [5, 5.41) is 5.86. The van der Waals surface area contributed by atoms with Crippen molar-refractivity contribution in [3.05, 3.63) is 112 Å². The van der Waals surface area contributed by atoms with Crippen LogP contribution in [0.2, 0.25) is 5.02 Å². The quantitative estimate of drug-likeness (QED) is 0.313. The van der Waals surface area contributed by atoms with Gasteiger partial charge in [-0.15, -0.1) is 5.10 Å². The molecule has 0 saturated carbocycles. The maximum Gasteiger partial charge on any atom is 0.344 e. The lowest BCUT2D eigenvalue weighted by molar-refractivity contribution is 0.422. The van der Waals surface area contributed by atoms with Crippen molar-refractivity contribution in [2.75, 3.05) is 0 Å². The number of para-hydroxylation sites is 1. The highest BCUT2D eigenvalue weighted by molar-refractivity contribution is 6.30. The number of benzene rings is 2. The SMILES string of the molecule is O=c1oc2ccccc2c2c1C(c1ccc(Cl)cc1)c1c(ncn3nc(-c4cccnc4)nc13)O2. The number of hydrogen-bond acceptors (Lipinski definition) is 7. The number of aromatic nitrogens is 5. The van der Waals surface area contributed by atoms with E-state index < -0.39 is 11.5 Å². The molecule has 8 nitrogen and oxygen atoms in total. The molecule has 2 aromatic carbocycles. The van der Waals surface area contributed by atoms with Crippen molar-refractivity contribution in [3.8, 4) is 23.0 Å². The molecular formula is C26H14ClN5O3. The van der Waals surface area contributed by atoms with E-state index in [0.717, 1.165) is 11.1 Å². The molecule has 35 heavy (non-hydrogen) atoms. The Balaban J connectivity index is 1.56. The van der Waals surface area contributed by atoms with Gasteiger partial charge in [0.2, 0.25) is 5.88 Å². The molecule has 1 unspecified atom stereocenters. The number of rotatable bonds is 2. The predicted molar refractivity (Wildman–Crippen MR) is 129 cm³/mol. The summed E-state index contributed by atoms with van der Waals surface area (Å²) in [6.45, 7) is 0. The zero-order valence-electron chi connectivity index (χ0n) is 17.9. The molecule has 0 aliphatic carbocycles. The van der Waals surface area contributed by atoms with E-state index in [1.54, 1.807) is 41.4 Å². The Labute approximate surface area is 202 Å². The molecule has 0 saturated heterocycles. The van der Waals surface area contributed by atoms with Crippen molar-refractivity contribution in [2.24, 2.45) is 0 Å². The minimum absolute atomic E-state index is 0.353. The van der Waals surface area contributed by atoms with Crippen LogP contribution >= 0.6 is 11.6 Å². The highest BCUT2D eigenvalue weighted by Crippen LogP contribution is 2.48. The summed E-state index contributed by atoms with van der Waals surface area (Å²) in [6.07, 6.45) is 4.93. The van der Waals surface area contributed by atoms with Crippen LogP contribution in [0.5, 0.6) is 11.6 Å². The average Bonchev–Trinajstić information content (AvgIpc) is 3.33. The summed E-state index contributed by atoms with van der Waals surface area (Å²) in [7, 11) is 0. The normalized spacial score (nSPS) is 14.5. The van der Waals surface area contributed by atoms with Crippen LogP contribution < -0.4 is 10.4 Å². The van der Waals surface area contributed by atoms with E-state index in [1.807, 2.05) is 42.5 Å². The predicted octanol–water partition coefficient (Wildman–Crippen LogP) is 5.23. The third-order valence-electron chi connectivity index (χ3n) is 6.08. The fourth-order valence-electron chi connectivity index (χ4n) is 4.54. The van der Waals surface area contributed by atoms with Crippen molar-refractivity contribution in [1.82, 2.24) is 24.6 Å². The summed E-state index contributed by atoms with van der Waals surface area (Å²) < 4.78 is 13.6. The molecular weight excluding hydrogens is 466 g/mol. The molecule has 0 radical (unpaired) electrons. The molecule has 0 bridgehead atoms. The molecule has 5 heterocycles. The Kier molecular flexibility index (Phi) is 4.24. The van der Waals surface area contributed by atoms with E-state index in [4.69, 9.17) is 25.7 Å². The van der Waals surface area contributed by atoms with Crippen LogP contribution in [0.15, 0.2) is 88.6 Å². The topological polar surface area (TPSA) is 95.4 Å². The molecule has 9 heteroatoms. The van der Waals surface area contributed by atoms with Crippen LogP contribution in [0, 0.1) is 0 Å². The van der Waals surface area contributed by atoms with Crippen molar-refractivity contribution in [3.63, 3.8) is 0 Å². The number of pyridine rings is 1. The lowest BCUT2D eigenvalue weighted by Crippen LogP contribution is -2.22. The molecule has 0 fully saturated rings. The zero-order chi connectivity index (χ0) is 23.5. The molecule has 4 aromatic heterocycles. The number of halogens is 1. The van der Waals surface area contributed by atoms with Crippen LogP contribution in [0.1, 0.15) is 22.6 Å². The molecule has 6 aromatic rings. The lowest BCUT2D eigenvalue weighted by atomic mass is 9.84. The van der Waals surface area contributed by atoms with Crippen LogP contribution in [-0.4, -0.2) is 24.6 Å². The fourth-order valence-corrected chi connectivity index (χ4v) is 4.66. The van der Waals surface area contributed by atoms with Crippen LogP contribution in [-0.2, 0) is 0 Å². The summed E-state index contributed by atoms with van der Waals surface area (Å²) in [5.74, 6) is 0.701. The molecule has 1 aliphatic rings. The maximum absolute atomic E-state index is 13.4. The summed E-state index contributed by atoms with van der Waals surface area (Å²) in [5.41, 5.74) is 3.05. The van der Waals surface area contributed by atoms with E-state index in [1.165, 1.54) is 0 Å². The molecule has 1 aliphatic heterocycles. The second-order valence-corrected chi connectivity index (χ2v) is 8.56. The van der Waals surface area contributed by atoms with Crippen molar-refractivity contribution in [2.45, 2.75) is 5.92 Å². The first-order chi connectivity index (χ1) is 17.2. The monoisotopic (exact) mass is 479 g/mol. The maximum atomic E-state index is 13.4. The first-order valence-corrected chi connectivity index (χ1v) is 11.2. The third kappa shape index (κ3) is 3.04. The van der Waals surface area contributed by atoms with Crippen molar-refractivity contribution in [1.29, 1.82) is 0 Å². The second-order valence-electron chi connectivity index (χ2n) is 8.12. The Morgan fingerprint density at radius 2 is 1.83 bits per heavy atom. The van der Waals surface area contributed by atoms with Gasteiger partial charge in [0.15, 0.2) is 17.2 Å². The Morgan fingerprint density at radius 3 is 2.66 bits per heavy atom. The number of hydrogen-bond donors (Lipinski definition) is 0. The van der Waals surface area contributed by atoms with Gasteiger partial charge in [-0.25, -0.2) is 19.3 Å². The van der Waals surface area contributed by atoms with Gasteiger partial charge >= 0.3 is 5.63 Å². The van der Waals surface area contributed by atoms with Gasteiger partial charge in [0.25, 0.3) is 0 Å². The summed E-state index contributed by atoms with van der Waals surface area (Å²) in [6, 6.07) is 18.3. The van der Waals surface area contributed by atoms with Crippen molar-refractivity contribution >= 4 is 28.2 Å². The molecule has 168 valence electrons. The third-order valence-corrected chi connectivity index (χ3v) is 6.34. The highest BCUT2D eigenvalue weighted by Gasteiger charge is 2.37. The van der Waals surface area contributed by atoms with Gasteiger partial charge in [-0.1, -0.05) is 35.9 Å². The van der Waals surface area contributed by atoms with Gasteiger partial charge in [0.1, 0.15) is 11.9 Å². The van der Waals surface area contributed by atoms with Crippen LogP contribution in [0.3, 0.4) is 0 Å². The first kappa shape index (κ1) is 19.9. The second kappa shape index (κ2) is 7.48. The van der Waals surface area contributed by atoms with E-state index >= 15 is 0 Å². The molecule has 0 spiro atoms. The van der Waals surface area contributed by atoms with Gasteiger partial charge in [-0.2, -0.15) is 0 Å². The lowest BCUT2D eigenvalue weighted by Gasteiger charge is -2.27. The van der Waals surface area contributed by atoms with E-state index in [-0.39, 0.29) is 0 Å². The Bertz CT molecular complexity index is 1810. The summed E-state index contributed by atoms with van der Waals surface area (Å²) >= 11 is 6.18. The largest absolute Gasteiger partial charge is 0.437 e. The van der Waals surface area contributed by atoms with Gasteiger partial charge < -0.3 is 9.15 Å². The molecule has 7 rings (SSSR count). The van der Waals surface area contributed by atoms with Gasteiger partial charge in [0, 0.05) is 23.0 Å². The first-order valence-electron chi connectivity index (χ1n) is 10.8.